The minimum atomic E-state index is -0.315. The summed E-state index contributed by atoms with van der Waals surface area (Å²) in [7, 11) is 0. The highest BCUT2D eigenvalue weighted by Gasteiger charge is 2.21. The summed E-state index contributed by atoms with van der Waals surface area (Å²) in [5, 5.41) is 11.8. The number of carbonyl (C=O) groups excluding carboxylic acids is 1. The van der Waals surface area contributed by atoms with E-state index in [0.29, 0.717) is 17.5 Å². The molecule has 1 N–H and O–H groups in total. The molecule has 0 radical (unpaired) electrons. The zero-order chi connectivity index (χ0) is 19.2. The maximum atomic E-state index is 13.3. The molecule has 0 aliphatic carbocycles. The van der Waals surface area contributed by atoms with Crippen LogP contribution in [0.2, 0.25) is 0 Å². The predicted octanol–water partition coefficient (Wildman–Crippen LogP) is 4.08. The monoisotopic (exact) mass is 384 g/mol. The highest BCUT2D eigenvalue weighted by Crippen LogP contribution is 2.30. The third-order valence-corrected chi connectivity index (χ3v) is 4.99. The number of hydrogen-bond donors (Lipinski definition) is 1. The van der Waals surface area contributed by atoms with Crippen LogP contribution in [0.25, 0.3) is 17.1 Å². The molecule has 0 spiro atoms. The number of benzene rings is 2. The standard InChI is InChI=1S/C20H21FN4OS/c1-3-13-22-19(26)14(2)27-20-24-23-18(15-9-11-16(21)12-10-15)25(20)17-7-5-4-6-8-17/h4-12,14H,3,13H2,1-2H3,(H,22,26). The highest BCUT2D eigenvalue weighted by molar-refractivity contribution is 8.00. The van der Waals surface area contributed by atoms with Crippen LogP contribution in [0, 0.1) is 5.82 Å². The Balaban J connectivity index is 1.97. The van der Waals surface area contributed by atoms with Crippen molar-refractivity contribution in [3.05, 3.63) is 60.4 Å². The van der Waals surface area contributed by atoms with Crippen molar-refractivity contribution in [2.24, 2.45) is 0 Å². The van der Waals surface area contributed by atoms with Gasteiger partial charge in [0, 0.05) is 17.8 Å². The molecule has 1 amide bonds. The molecule has 0 saturated carbocycles. The predicted molar refractivity (Wildman–Crippen MR) is 105 cm³/mol. The molecule has 0 aliphatic heterocycles. The van der Waals surface area contributed by atoms with Crippen LogP contribution in [0.3, 0.4) is 0 Å². The van der Waals surface area contributed by atoms with Gasteiger partial charge in [0.15, 0.2) is 11.0 Å². The van der Waals surface area contributed by atoms with Crippen LogP contribution in [0.1, 0.15) is 20.3 Å². The van der Waals surface area contributed by atoms with E-state index in [2.05, 4.69) is 15.5 Å². The van der Waals surface area contributed by atoms with Gasteiger partial charge >= 0.3 is 0 Å². The average molecular weight is 384 g/mol. The van der Waals surface area contributed by atoms with E-state index in [1.807, 2.05) is 48.7 Å². The Kier molecular flexibility index (Phi) is 6.24. The fourth-order valence-electron chi connectivity index (χ4n) is 2.55. The fraction of sp³-hybridized carbons (Fsp3) is 0.250. The van der Waals surface area contributed by atoms with Crippen molar-refractivity contribution in [1.82, 2.24) is 20.1 Å². The second-order valence-electron chi connectivity index (χ2n) is 6.04. The number of para-hydroxylation sites is 1. The maximum Gasteiger partial charge on any atom is 0.233 e. The Bertz CT molecular complexity index is 896. The van der Waals surface area contributed by atoms with Gasteiger partial charge < -0.3 is 5.32 Å². The molecule has 1 atom stereocenters. The Morgan fingerprint density at radius 3 is 2.52 bits per heavy atom. The van der Waals surface area contributed by atoms with E-state index in [9.17, 15) is 9.18 Å². The van der Waals surface area contributed by atoms with Gasteiger partial charge in [-0.05, 0) is 49.7 Å². The number of nitrogens with zero attached hydrogens (tertiary/aromatic N) is 3. The molecule has 2 aromatic carbocycles. The summed E-state index contributed by atoms with van der Waals surface area (Å²) in [5.41, 5.74) is 1.63. The molecule has 1 aromatic heterocycles. The van der Waals surface area contributed by atoms with Crippen LogP contribution >= 0.6 is 11.8 Å². The average Bonchev–Trinajstić information content (AvgIpc) is 3.10. The smallest absolute Gasteiger partial charge is 0.233 e. The summed E-state index contributed by atoms with van der Waals surface area (Å²) < 4.78 is 15.2. The van der Waals surface area contributed by atoms with Crippen molar-refractivity contribution in [2.75, 3.05) is 6.54 Å². The molecule has 0 saturated heterocycles. The van der Waals surface area contributed by atoms with E-state index in [1.165, 1.54) is 23.9 Å². The first-order valence-corrected chi connectivity index (χ1v) is 9.69. The lowest BCUT2D eigenvalue weighted by Gasteiger charge is -2.13. The van der Waals surface area contributed by atoms with Crippen LogP contribution in [-0.4, -0.2) is 32.5 Å². The van der Waals surface area contributed by atoms with Gasteiger partial charge in [-0.15, -0.1) is 10.2 Å². The molecule has 140 valence electrons. The van der Waals surface area contributed by atoms with Gasteiger partial charge in [-0.2, -0.15) is 0 Å². The summed E-state index contributed by atoms with van der Waals surface area (Å²) in [6.45, 7) is 4.51. The molecule has 0 bridgehead atoms. The molecule has 7 heteroatoms. The Morgan fingerprint density at radius 2 is 1.85 bits per heavy atom. The minimum Gasteiger partial charge on any atom is -0.355 e. The molecule has 5 nitrogen and oxygen atoms in total. The first-order chi connectivity index (χ1) is 13.1. The lowest BCUT2D eigenvalue weighted by Crippen LogP contribution is -2.31. The molecular formula is C20H21FN4OS. The van der Waals surface area contributed by atoms with E-state index in [4.69, 9.17) is 0 Å². The van der Waals surface area contributed by atoms with Crippen LogP contribution in [0.15, 0.2) is 59.8 Å². The zero-order valence-electron chi connectivity index (χ0n) is 15.2. The van der Waals surface area contributed by atoms with E-state index in [-0.39, 0.29) is 17.0 Å². The normalized spacial score (nSPS) is 12.0. The third-order valence-electron chi connectivity index (χ3n) is 3.95. The number of hydrogen-bond acceptors (Lipinski definition) is 4. The first-order valence-electron chi connectivity index (χ1n) is 8.81. The van der Waals surface area contributed by atoms with Crippen molar-refractivity contribution in [2.45, 2.75) is 30.7 Å². The van der Waals surface area contributed by atoms with Gasteiger partial charge in [0.2, 0.25) is 5.91 Å². The van der Waals surface area contributed by atoms with E-state index < -0.39 is 0 Å². The summed E-state index contributed by atoms with van der Waals surface area (Å²) in [4.78, 5) is 12.2. The molecule has 1 heterocycles. The quantitative estimate of drug-likeness (QED) is 0.624. The fourth-order valence-corrected chi connectivity index (χ4v) is 3.44. The van der Waals surface area contributed by atoms with Crippen LogP contribution in [0.4, 0.5) is 4.39 Å². The summed E-state index contributed by atoms with van der Waals surface area (Å²) in [6.07, 6.45) is 0.887. The van der Waals surface area contributed by atoms with Crippen LogP contribution in [-0.2, 0) is 4.79 Å². The number of carbonyl (C=O) groups is 1. The second-order valence-corrected chi connectivity index (χ2v) is 7.34. The second kappa shape index (κ2) is 8.81. The zero-order valence-corrected chi connectivity index (χ0v) is 16.0. The van der Waals surface area contributed by atoms with E-state index in [0.717, 1.165) is 17.7 Å². The van der Waals surface area contributed by atoms with E-state index >= 15 is 0 Å². The van der Waals surface area contributed by atoms with Crippen molar-refractivity contribution < 1.29 is 9.18 Å². The molecule has 27 heavy (non-hydrogen) atoms. The molecule has 0 aliphatic rings. The number of halogens is 1. The minimum absolute atomic E-state index is 0.0345. The molecule has 3 aromatic rings. The van der Waals surface area contributed by atoms with Crippen molar-refractivity contribution in [3.63, 3.8) is 0 Å². The number of aromatic nitrogens is 3. The number of amides is 1. The van der Waals surface area contributed by atoms with E-state index in [1.54, 1.807) is 12.1 Å². The summed E-state index contributed by atoms with van der Waals surface area (Å²) >= 11 is 1.35. The highest BCUT2D eigenvalue weighted by atomic mass is 32.2. The van der Waals surface area contributed by atoms with Gasteiger partial charge in [-0.3, -0.25) is 9.36 Å². The molecule has 0 fully saturated rings. The van der Waals surface area contributed by atoms with Gasteiger partial charge in [0.1, 0.15) is 5.82 Å². The van der Waals surface area contributed by atoms with Crippen LogP contribution < -0.4 is 5.32 Å². The lowest BCUT2D eigenvalue weighted by molar-refractivity contribution is -0.120. The Hall–Kier alpha value is -2.67. The maximum absolute atomic E-state index is 13.3. The van der Waals surface area contributed by atoms with Gasteiger partial charge in [-0.25, -0.2) is 4.39 Å². The third kappa shape index (κ3) is 4.54. The summed E-state index contributed by atoms with van der Waals surface area (Å²) in [6, 6.07) is 15.8. The van der Waals surface area contributed by atoms with Gasteiger partial charge in [-0.1, -0.05) is 36.9 Å². The molecular weight excluding hydrogens is 363 g/mol. The topological polar surface area (TPSA) is 59.8 Å². The number of nitrogens with one attached hydrogen (secondary N) is 1. The molecule has 3 rings (SSSR count). The largest absolute Gasteiger partial charge is 0.355 e. The summed E-state index contributed by atoms with van der Waals surface area (Å²) in [5.74, 6) is 0.262. The van der Waals surface area contributed by atoms with Gasteiger partial charge in [0.05, 0.1) is 5.25 Å². The van der Waals surface area contributed by atoms with Crippen LogP contribution in [0.5, 0.6) is 0 Å². The first kappa shape index (κ1) is 19.1. The molecule has 1 unspecified atom stereocenters. The van der Waals surface area contributed by atoms with Crippen molar-refractivity contribution >= 4 is 17.7 Å². The van der Waals surface area contributed by atoms with Crippen molar-refractivity contribution in [3.8, 4) is 17.1 Å². The number of thioether (sulfide) groups is 1. The van der Waals surface area contributed by atoms with Gasteiger partial charge in [0.25, 0.3) is 0 Å². The SMILES string of the molecule is CCCNC(=O)C(C)Sc1nnc(-c2ccc(F)cc2)n1-c1ccccc1. The lowest BCUT2D eigenvalue weighted by atomic mass is 10.2. The number of rotatable bonds is 7. The Labute approximate surface area is 162 Å². The van der Waals surface area contributed by atoms with Crippen molar-refractivity contribution in [1.29, 1.82) is 0 Å². The Morgan fingerprint density at radius 1 is 1.15 bits per heavy atom.